The van der Waals surface area contributed by atoms with Crippen molar-refractivity contribution in [3.8, 4) is 0 Å². The molecule has 1 aliphatic carbocycles. The predicted octanol–water partition coefficient (Wildman–Crippen LogP) is 3.60. The highest BCUT2D eigenvalue weighted by Crippen LogP contribution is 2.32. The van der Waals surface area contributed by atoms with E-state index in [4.69, 9.17) is 0 Å². The second kappa shape index (κ2) is 5.23. The topological polar surface area (TPSA) is 29.0 Å². The van der Waals surface area contributed by atoms with Crippen molar-refractivity contribution in [2.45, 2.75) is 39.5 Å². The van der Waals surface area contributed by atoms with E-state index < -0.39 is 0 Å². The van der Waals surface area contributed by atoms with Gasteiger partial charge in [0, 0.05) is 24.0 Å². The molecule has 0 N–H and O–H groups in total. The number of fused-ring (bicyclic) bond motifs is 1. The molecule has 0 spiro atoms. The highest BCUT2D eigenvalue weighted by molar-refractivity contribution is 5.63. The molecule has 20 heavy (non-hydrogen) atoms. The summed E-state index contributed by atoms with van der Waals surface area (Å²) in [4.78, 5) is 11.5. The number of hydrogen-bond donors (Lipinski definition) is 0. The van der Waals surface area contributed by atoms with Crippen molar-refractivity contribution in [1.82, 2.24) is 9.97 Å². The summed E-state index contributed by atoms with van der Waals surface area (Å²) in [6, 6.07) is 8.75. The molecule has 3 nitrogen and oxygen atoms in total. The number of aromatic nitrogens is 2. The van der Waals surface area contributed by atoms with Gasteiger partial charge in [-0.25, -0.2) is 9.97 Å². The molecule has 0 radical (unpaired) electrons. The molecule has 1 aromatic heterocycles. The quantitative estimate of drug-likeness (QED) is 0.850. The molecule has 0 saturated carbocycles. The lowest BCUT2D eigenvalue weighted by atomic mass is 10.1. The Balaban J connectivity index is 1.99. The van der Waals surface area contributed by atoms with Crippen LogP contribution in [0.15, 0.2) is 24.3 Å². The summed E-state index contributed by atoms with van der Waals surface area (Å²) >= 11 is 0. The molecule has 1 heterocycles. The highest BCUT2D eigenvalue weighted by Gasteiger charge is 2.21. The number of rotatable bonds is 3. The lowest BCUT2D eigenvalue weighted by Gasteiger charge is -2.21. The molecule has 1 aromatic carbocycles. The molecule has 0 atom stereocenters. The van der Waals surface area contributed by atoms with E-state index in [9.17, 15) is 0 Å². The van der Waals surface area contributed by atoms with E-state index in [2.05, 4.69) is 53.1 Å². The molecular weight excluding hydrogens is 246 g/mol. The molecule has 0 aliphatic heterocycles. The molecule has 0 fully saturated rings. The smallest absolute Gasteiger partial charge is 0.139 e. The van der Waals surface area contributed by atoms with Crippen molar-refractivity contribution in [3.63, 3.8) is 0 Å². The van der Waals surface area contributed by atoms with Crippen LogP contribution in [-0.2, 0) is 19.3 Å². The van der Waals surface area contributed by atoms with Gasteiger partial charge in [0.25, 0.3) is 0 Å². The molecule has 1 aliphatic rings. The Morgan fingerprint density at radius 2 is 1.85 bits per heavy atom. The van der Waals surface area contributed by atoms with Gasteiger partial charge < -0.3 is 4.90 Å². The number of nitrogens with zero attached hydrogens (tertiary/aromatic N) is 3. The Hall–Kier alpha value is -1.90. The van der Waals surface area contributed by atoms with Crippen LogP contribution < -0.4 is 4.90 Å². The number of benzene rings is 1. The van der Waals surface area contributed by atoms with Crippen LogP contribution in [0.4, 0.5) is 11.5 Å². The van der Waals surface area contributed by atoms with Crippen LogP contribution in [0.3, 0.4) is 0 Å². The number of aryl methyl sites for hydroxylation is 3. The maximum Gasteiger partial charge on any atom is 0.139 e. The molecule has 0 saturated heterocycles. The minimum Gasteiger partial charge on any atom is -0.329 e. The van der Waals surface area contributed by atoms with E-state index in [1.807, 2.05) is 6.92 Å². The molecule has 3 heteroatoms. The number of anilines is 2. The van der Waals surface area contributed by atoms with Gasteiger partial charge in [-0.3, -0.25) is 0 Å². The van der Waals surface area contributed by atoms with E-state index >= 15 is 0 Å². The molecule has 2 aromatic rings. The van der Waals surface area contributed by atoms with Crippen LogP contribution in [0.25, 0.3) is 0 Å². The zero-order chi connectivity index (χ0) is 14.1. The van der Waals surface area contributed by atoms with Gasteiger partial charge in [0.05, 0.1) is 0 Å². The lowest BCUT2D eigenvalue weighted by molar-refractivity contribution is 0.895. The normalized spacial score (nSPS) is 13.3. The first-order valence-electron chi connectivity index (χ1n) is 7.38. The Morgan fingerprint density at radius 1 is 1.10 bits per heavy atom. The largest absolute Gasteiger partial charge is 0.329 e. The summed E-state index contributed by atoms with van der Waals surface area (Å²) in [6.07, 6.45) is 4.46. The highest BCUT2D eigenvalue weighted by atomic mass is 15.2. The summed E-state index contributed by atoms with van der Waals surface area (Å²) in [7, 11) is 2.10. The molecule has 3 rings (SSSR count). The first-order chi connectivity index (χ1) is 9.69. The van der Waals surface area contributed by atoms with Crippen LogP contribution >= 0.6 is 0 Å². The second-order valence-corrected chi connectivity index (χ2v) is 5.45. The van der Waals surface area contributed by atoms with Gasteiger partial charge in [-0.15, -0.1) is 0 Å². The van der Waals surface area contributed by atoms with E-state index in [-0.39, 0.29) is 0 Å². The minimum atomic E-state index is 0.873. The molecule has 104 valence electrons. The van der Waals surface area contributed by atoms with Gasteiger partial charge in [-0.1, -0.05) is 19.1 Å². The summed E-state index contributed by atoms with van der Waals surface area (Å²) < 4.78 is 0. The van der Waals surface area contributed by atoms with Crippen molar-refractivity contribution < 1.29 is 0 Å². The van der Waals surface area contributed by atoms with Gasteiger partial charge >= 0.3 is 0 Å². The third-order valence-corrected chi connectivity index (χ3v) is 4.07. The third kappa shape index (κ3) is 2.28. The Kier molecular flexibility index (Phi) is 3.43. The lowest BCUT2D eigenvalue weighted by Crippen LogP contribution is -2.15. The SMILES string of the molecule is CCc1ccc(N(C)c2nc(C)nc3c2CCC3)cc1. The van der Waals surface area contributed by atoms with Gasteiger partial charge in [-0.2, -0.15) is 0 Å². The monoisotopic (exact) mass is 267 g/mol. The Bertz CT molecular complexity index is 617. The van der Waals surface area contributed by atoms with Crippen molar-refractivity contribution in [1.29, 1.82) is 0 Å². The molecule has 0 amide bonds. The van der Waals surface area contributed by atoms with Crippen LogP contribution in [0.1, 0.15) is 36.0 Å². The minimum absolute atomic E-state index is 0.873. The standard InChI is InChI=1S/C17H21N3/c1-4-13-8-10-14(11-9-13)20(3)17-15-6-5-7-16(15)18-12(2)19-17/h8-11H,4-7H2,1-3H3. The third-order valence-electron chi connectivity index (χ3n) is 4.07. The van der Waals surface area contributed by atoms with Gasteiger partial charge in [0.15, 0.2) is 0 Å². The maximum absolute atomic E-state index is 4.68. The average molecular weight is 267 g/mol. The van der Waals surface area contributed by atoms with Crippen LogP contribution in [0.2, 0.25) is 0 Å². The zero-order valence-electron chi connectivity index (χ0n) is 12.5. The van der Waals surface area contributed by atoms with E-state index in [1.54, 1.807) is 0 Å². The summed E-state index contributed by atoms with van der Waals surface area (Å²) in [5.74, 6) is 1.95. The molecule has 0 bridgehead atoms. The fourth-order valence-electron chi connectivity index (χ4n) is 2.89. The van der Waals surface area contributed by atoms with Crippen molar-refractivity contribution in [2.24, 2.45) is 0 Å². The molecule has 0 unspecified atom stereocenters. The summed E-state index contributed by atoms with van der Waals surface area (Å²) in [6.45, 7) is 4.16. The summed E-state index contributed by atoms with van der Waals surface area (Å²) in [5.41, 5.74) is 5.13. The van der Waals surface area contributed by atoms with E-state index in [0.29, 0.717) is 0 Å². The molecular formula is C17H21N3. The predicted molar refractivity (Wildman–Crippen MR) is 82.7 cm³/mol. The van der Waals surface area contributed by atoms with Crippen molar-refractivity contribution >= 4 is 11.5 Å². The van der Waals surface area contributed by atoms with Crippen LogP contribution in [0.5, 0.6) is 0 Å². The maximum atomic E-state index is 4.68. The second-order valence-electron chi connectivity index (χ2n) is 5.45. The van der Waals surface area contributed by atoms with Gasteiger partial charge in [-0.05, 0) is 50.3 Å². The van der Waals surface area contributed by atoms with Gasteiger partial charge in [0.2, 0.25) is 0 Å². The van der Waals surface area contributed by atoms with Crippen LogP contribution in [-0.4, -0.2) is 17.0 Å². The zero-order valence-corrected chi connectivity index (χ0v) is 12.5. The first kappa shape index (κ1) is 13.1. The fourth-order valence-corrected chi connectivity index (χ4v) is 2.89. The Morgan fingerprint density at radius 3 is 2.55 bits per heavy atom. The average Bonchev–Trinajstić information content (AvgIpc) is 2.94. The van der Waals surface area contributed by atoms with Gasteiger partial charge in [0.1, 0.15) is 11.6 Å². The van der Waals surface area contributed by atoms with Crippen LogP contribution in [0, 0.1) is 6.92 Å². The van der Waals surface area contributed by atoms with E-state index in [1.165, 1.54) is 28.9 Å². The van der Waals surface area contributed by atoms with Crippen molar-refractivity contribution in [2.75, 3.05) is 11.9 Å². The summed E-state index contributed by atoms with van der Waals surface area (Å²) in [5, 5.41) is 0. The van der Waals surface area contributed by atoms with Crippen molar-refractivity contribution in [3.05, 3.63) is 46.9 Å². The first-order valence-corrected chi connectivity index (χ1v) is 7.38. The number of hydrogen-bond acceptors (Lipinski definition) is 3. The fraction of sp³-hybridized carbons (Fsp3) is 0.412. The Labute approximate surface area is 120 Å². The van der Waals surface area contributed by atoms with E-state index in [0.717, 1.165) is 30.9 Å².